The Kier molecular flexibility index (Phi) is 1.57. The zero-order valence-corrected chi connectivity index (χ0v) is 4.50. The molecular weight excluding hydrogens is 102 g/mol. The Bertz CT molecular complexity index is 131. The van der Waals surface area contributed by atoms with E-state index in [1.54, 1.807) is 18.5 Å². The van der Waals surface area contributed by atoms with Gasteiger partial charge in [0, 0.05) is 25.3 Å². The second kappa shape index (κ2) is 2.40. The van der Waals surface area contributed by atoms with E-state index >= 15 is 0 Å². The summed E-state index contributed by atoms with van der Waals surface area (Å²) in [6, 6.07) is 0. The van der Waals surface area contributed by atoms with E-state index < -0.39 is 0 Å². The molecule has 0 spiro atoms. The largest absolute Gasteiger partial charge is 0.299 e. The monoisotopic (exact) mass is 109 g/mol. The topological polar surface area (TPSA) is 29.4 Å². The van der Waals surface area contributed by atoms with Crippen LogP contribution in [0.3, 0.4) is 0 Å². The molecule has 0 N–H and O–H groups in total. The van der Waals surface area contributed by atoms with Crippen molar-refractivity contribution in [1.29, 1.82) is 0 Å². The molecule has 2 nitrogen and oxygen atoms in total. The van der Waals surface area contributed by atoms with Crippen molar-refractivity contribution in [1.82, 2.24) is 0 Å². The van der Waals surface area contributed by atoms with Gasteiger partial charge in [0.1, 0.15) is 5.78 Å². The number of carbonyl (C=O) groups excluding carboxylic acids is 1. The normalized spacial score (nSPS) is 18.8. The van der Waals surface area contributed by atoms with E-state index in [0.29, 0.717) is 12.8 Å². The molecule has 0 aromatic carbocycles. The van der Waals surface area contributed by atoms with Crippen molar-refractivity contribution in [3.8, 4) is 0 Å². The van der Waals surface area contributed by atoms with Gasteiger partial charge in [0.2, 0.25) is 0 Å². The third kappa shape index (κ3) is 1.30. The lowest BCUT2D eigenvalue weighted by Crippen LogP contribution is -1.92. The van der Waals surface area contributed by atoms with Crippen LogP contribution in [0, 0.1) is 0 Å². The molecule has 0 aliphatic carbocycles. The minimum absolute atomic E-state index is 0.238. The number of ketones is 1. The van der Waals surface area contributed by atoms with Gasteiger partial charge in [0.25, 0.3) is 0 Å². The van der Waals surface area contributed by atoms with Crippen molar-refractivity contribution in [3.05, 3.63) is 12.3 Å². The molecule has 1 rings (SSSR count). The first-order chi connectivity index (χ1) is 3.89. The average Bonchev–Trinajstić information content (AvgIpc) is 1.94. The van der Waals surface area contributed by atoms with Crippen LogP contribution in [0.5, 0.6) is 0 Å². The second-order valence-corrected chi connectivity index (χ2v) is 1.66. The summed E-state index contributed by atoms with van der Waals surface area (Å²) in [5.74, 6) is 0.238. The van der Waals surface area contributed by atoms with Gasteiger partial charge in [0.15, 0.2) is 0 Å². The highest BCUT2D eigenvalue weighted by atomic mass is 16.1. The Hall–Kier alpha value is -0.920. The van der Waals surface area contributed by atoms with Crippen LogP contribution < -0.4 is 0 Å². The van der Waals surface area contributed by atoms with Gasteiger partial charge in [-0.3, -0.25) is 9.79 Å². The van der Waals surface area contributed by atoms with Crippen LogP contribution in [0.4, 0.5) is 0 Å². The molecule has 0 atom stereocenters. The Morgan fingerprint density at radius 1 is 1.50 bits per heavy atom. The first kappa shape index (κ1) is 5.22. The fourth-order valence-corrected chi connectivity index (χ4v) is 0.544. The Morgan fingerprint density at radius 2 is 2.38 bits per heavy atom. The third-order valence-corrected chi connectivity index (χ3v) is 0.961. The summed E-state index contributed by atoms with van der Waals surface area (Å²) < 4.78 is 0. The van der Waals surface area contributed by atoms with E-state index in [0.717, 1.165) is 0 Å². The summed E-state index contributed by atoms with van der Waals surface area (Å²) in [6.07, 6.45) is 6.09. The van der Waals surface area contributed by atoms with Gasteiger partial charge in [-0.15, -0.1) is 0 Å². The standard InChI is InChI=1S/C6H7NO/c8-6-2-1-4-7-5-3-6/h1,4-5H,2-3H2. The number of rotatable bonds is 0. The molecule has 0 aromatic heterocycles. The van der Waals surface area contributed by atoms with Crippen molar-refractivity contribution in [2.45, 2.75) is 12.8 Å². The molecular formula is C6H7NO. The molecule has 8 heavy (non-hydrogen) atoms. The molecule has 0 saturated carbocycles. The number of hydrogen-bond acceptors (Lipinski definition) is 2. The maximum atomic E-state index is 10.5. The maximum Gasteiger partial charge on any atom is 0.142 e. The summed E-state index contributed by atoms with van der Waals surface area (Å²) in [7, 11) is 0. The van der Waals surface area contributed by atoms with Crippen molar-refractivity contribution in [2.24, 2.45) is 4.99 Å². The van der Waals surface area contributed by atoms with Gasteiger partial charge in [-0.05, 0) is 0 Å². The number of Topliss-reactive ketones (excluding diaryl/α,β-unsaturated/α-hetero) is 1. The van der Waals surface area contributed by atoms with E-state index in [1.807, 2.05) is 0 Å². The first-order valence-electron chi connectivity index (χ1n) is 2.58. The predicted octanol–water partition coefficient (Wildman–Crippen LogP) is 0.934. The molecule has 0 saturated heterocycles. The predicted molar refractivity (Wildman–Crippen MR) is 31.9 cm³/mol. The van der Waals surface area contributed by atoms with Crippen molar-refractivity contribution < 1.29 is 4.79 Å². The van der Waals surface area contributed by atoms with Crippen LogP contribution in [0.2, 0.25) is 0 Å². The summed E-state index contributed by atoms with van der Waals surface area (Å²) in [4.78, 5) is 14.3. The zero-order valence-electron chi connectivity index (χ0n) is 4.50. The summed E-state index contributed by atoms with van der Waals surface area (Å²) >= 11 is 0. The fourth-order valence-electron chi connectivity index (χ4n) is 0.544. The molecule has 0 aromatic rings. The molecule has 2 heteroatoms. The van der Waals surface area contributed by atoms with Crippen LogP contribution in [-0.4, -0.2) is 12.0 Å². The number of allylic oxidation sites excluding steroid dienone is 1. The van der Waals surface area contributed by atoms with Crippen molar-refractivity contribution in [3.63, 3.8) is 0 Å². The lowest BCUT2D eigenvalue weighted by atomic mass is 10.2. The van der Waals surface area contributed by atoms with Gasteiger partial charge in [-0.2, -0.15) is 0 Å². The van der Waals surface area contributed by atoms with E-state index in [1.165, 1.54) is 0 Å². The number of aliphatic imine (C=N–C) groups is 1. The van der Waals surface area contributed by atoms with Crippen molar-refractivity contribution >= 4 is 12.0 Å². The van der Waals surface area contributed by atoms with Crippen LogP contribution in [0.25, 0.3) is 0 Å². The molecule has 42 valence electrons. The Morgan fingerprint density at radius 3 is 3.25 bits per heavy atom. The average molecular weight is 109 g/mol. The van der Waals surface area contributed by atoms with Gasteiger partial charge in [-0.1, -0.05) is 6.08 Å². The second-order valence-electron chi connectivity index (χ2n) is 1.66. The highest BCUT2D eigenvalue weighted by Gasteiger charge is 1.96. The number of hydrogen-bond donors (Lipinski definition) is 0. The molecule has 0 unspecified atom stereocenters. The van der Waals surface area contributed by atoms with E-state index in [2.05, 4.69) is 4.99 Å². The van der Waals surface area contributed by atoms with Crippen LogP contribution >= 0.6 is 0 Å². The number of carbonyl (C=O) groups is 1. The molecule has 1 aliphatic heterocycles. The minimum atomic E-state index is 0.238. The quantitative estimate of drug-likeness (QED) is 0.455. The third-order valence-electron chi connectivity index (χ3n) is 0.961. The lowest BCUT2D eigenvalue weighted by molar-refractivity contribution is -0.117. The summed E-state index contributed by atoms with van der Waals surface area (Å²) in [6.45, 7) is 0. The maximum absolute atomic E-state index is 10.5. The van der Waals surface area contributed by atoms with Gasteiger partial charge in [-0.25, -0.2) is 0 Å². The zero-order chi connectivity index (χ0) is 5.82. The van der Waals surface area contributed by atoms with E-state index in [-0.39, 0.29) is 5.78 Å². The van der Waals surface area contributed by atoms with Crippen LogP contribution in [-0.2, 0) is 4.79 Å². The highest BCUT2D eigenvalue weighted by Crippen LogP contribution is 1.93. The van der Waals surface area contributed by atoms with Gasteiger partial charge < -0.3 is 0 Å². The summed E-state index contributed by atoms with van der Waals surface area (Å²) in [5.41, 5.74) is 0. The SMILES string of the molecule is O=C1CC=CN=CC1. The molecule has 0 bridgehead atoms. The van der Waals surface area contributed by atoms with Crippen molar-refractivity contribution in [2.75, 3.05) is 0 Å². The smallest absolute Gasteiger partial charge is 0.142 e. The summed E-state index contributed by atoms with van der Waals surface area (Å²) in [5, 5.41) is 0. The van der Waals surface area contributed by atoms with Gasteiger partial charge in [0.05, 0.1) is 0 Å². The van der Waals surface area contributed by atoms with Gasteiger partial charge >= 0.3 is 0 Å². The fraction of sp³-hybridized carbons (Fsp3) is 0.333. The minimum Gasteiger partial charge on any atom is -0.299 e. The Labute approximate surface area is 47.9 Å². The molecule has 1 aliphatic rings. The number of nitrogens with zero attached hydrogens (tertiary/aromatic N) is 1. The lowest BCUT2D eigenvalue weighted by Gasteiger charge is -1.82. The van der Waals surface area contributed by atoms with E-state index in [9.17, 15) is 4.79 Å². The van der Waals surface area contributed by atoms with Crippen LogP contribution in [0.15, 0.2) is 17.3 Å². The molecule has 0 radical (unpaired) electrons. The molecule has 0 fully saturated rings. The molecule has 1 heterocycles. The molecule has 0 amide bonds. The Balaban J connectivity index is 2.58. The van der Waals surface area contributed by atoms with Crippen LogP contribution in [0.1, 0.15) is 12.8 Å². The first-order valence-corrected chi connectivity index (χ1v) is 2.58. The van der Waals surface area contributed by atoms with E-state index in [4.69, 9.17) is 0 Å². The highest BCUT2D eigenvalue weighted by molar-refractivity contribution is 5.92.